The first-order chi connectivity index (χ1) is 24.5. The molecule has 6 rings (SSSR count). The van der Waals surface area contributed by atoms with E-state index < -0.39 is 76.6 Å². The van der Waals surface area contributed by atoms with Gasteiger partial charge in [0.15, 0.2) is 0 Å². The Morgan fingerprint density at radius 3 is 2.42 bits per heavy atom. The second-order valence-corrected chi connectivity index (χ2v) is 13.5. The van der Waals surface area contributed by atoms with Gasteiger partial charge in [-0.2, -0.15) is 13.2 Å². The molecule has 0 saturated carbocycles. The zero-order chi connectivity index (χ0) is 37.6. The van der Waals surface area contributed by atoms with Crippen LogP contribution in [0.5, 0.6) is 5.75 Å². The van der Waals surface area contributed by atoms with Gasteiger partial charge in [0.25, 0.3) is 5.56 Å². The molecule has 15 heteroatoms. The van der Waals surface area contributed by atoms with Crippen LogP contribution in [-0.4, -0.2) is 52.3 Å². The Morgan fingerprint density at radius 1 is 1.02 bits per heavy atom. The number of nitrogens with one attached hydrogen (secondary N) is 1. The number of carboxylic acids is 1. The van der Waals surface area contributed by atoms with Crippen molar-refractivity contribution in [3.8, 4) is 16.9 Å². The quantitative estimate of drug-likeness (QED) is 0.205. The van der Waals surface area contributed by atoms with Crippen LogP contribution in [0.4, 0.5) is 26.3 Å². The summed E-state index contributed by atoms with van der Waals surface area (Å²) in [6, 6.07) is 6.32. The molecule has 274 valence electrons. The van der Waals surface area contributed by atoms with Crippen molar-refractivity contribution < 1.29 is 45.8 Å². The molecule has 2 aliphatic rings. The number of carbonyl (C=O) groups is 2. The summed E-state index contributed by atoms with van der Waals surface area (Å²) in [6.45, 7) is 3.00. The molecule has 52 heavy (non-hydrogen) atoms. The van der Waals surface area contributed by atoms with Crippen LogP contribution in [-0.2, 0) is 28.8 Å². The summed E-state index contributed by atoms with van der Waals surface area (Å²) >= 11 is 6.37. The van der Waals surface area contributed by atoms with Gasteiger partial charge in [0.1, 0.15) is 36.2 Å². The van der Waals surface area contributed by atoms with E-state index in [9.17, 15) is 37.1 Å². The first-order valence-electron chi connectivity index (χ1n) is 16.2. The minimum atomic E-state index is -4.98. The molecule has 1 amide bonds. The SMILES string of the molecule is Cc1cc2cc(c1F)[C@@H](CC(=O)O)NC(=O)[C@@H](n1cc(CCN3CC(F)C3)c(C(F)(F)F)cc1=O)c1cc(ccc1F)COc1cc(Cl)cc(C)c1-2. The Hall–Kier alpha value is -4.82. The van der Waals surface area contributed by atoms with Crippen LogP contribution >= 0.6 is 11.6 Å². The lowest BCUT2D eigenvalue weighted by atomic mass is 9.91. The summed E-state index contributed by atoms with van der Waals surface area (Å²) in [5.41, 5.74) is -1.80. The molecule has 4 aromatic rings. The fraction of sp³-hybridized carbons (Fsp3) is 0.324. The maximum atomic E-state index is 16.0. The highest BCUT2D eigenvalue weighted by Crippen LogP contribution is 2.40. The van der Waals surface area contributed by atoms with Gasteiger partial charge in [-0.25, -0.2) is 13.2 Å². The van der Waals surface area contributed by atoms with E-state index in [2.05, 4.69) is 5.32 Å². The second-order valence-electron chi connectivity index (χ2n) is 13.1. The summed E-state index contributed by atoms with van der Waals surface area (Å²) in [5, 5.41) is 12.6. The third kappa shape index (κ3) is 7.54. The van der Waals surface area contributed by atoms with Crippen molar-refractivity contribution in [1.29, 1.82) is 0 Å². The molecule has 2 atom stereocenters. The Bertz CT molecular complexity index is 2130. The van der Waals surface area contributed by atoms with Gasteiger partial charge in [0, 0.05) is 53.6 Å². The van der Waals surface area contributed by atoms with Crippen LogP contribution in [0.15, 0.2) is 59.5 Å². The summed E-state index contributed by atoms with van der Waals surface area (Å²) in [5.74, 6) is -4.25. The molecule has 1 saturated heterocycles. The zero-order valence-corrected chi connectivity index (χ0v) is 28.5. The number of pyridine rings is 1. The molecule has 0 spiro atoms. The van der Waals surface area contributed by atoms with Gasteiger partial charge in [-0.15, -0.1) is 0 Å². The number of carboxylic acid groups (broad SMARTS) is 1. The van der Waals surface area contributed by atoms with Gasteiger partial charge < -0.3 is 15.2 Å². The van der Waals surface area contributed by atoms with Gasteiger partial charge in [-0.3, -0.25) is 23.9 Å². The average Bonchev–Trinajstić information content (AvgIpc) is 3.03. The van der Waals surface area contributed by atoms with Crippen LogP contribution < -0.4 is 15.6 Å². The Kier molecular flexibility index (Phi) is 10.2. The first kappa shape index (κ1) is 37.0. The van der Waals surface area contributed by atoms with Crippen molar-refractivity contribution in [1.82, 2.24) is 14.8 Å². The molecule has 4 bridgehead atoms. The van der Waals surface area contributed by atoms with Gasteiger partial charge in [-0.1, -0.05) is 17.7 Å². The van der Waals surface area contributed by atoms with Crippen LogP contribution in [0, 0.1) is 25.5 Å². The normalized spacial score (nSPS) is 18.1. The number of ether oxygens (including phenoxy) is 1. The number of hydrogen-bond acceptors (Lipinski definition) is 5. The average molecular weight is 748 g/mol. The van der Waals surface area contributed by atoms with Crippen molar-refractivity contribution in [3.63, 3.8) is 0 Å². The first-order valence-corrected chi connectivity index (χ1v) is 16.6. The van der Waals surface area contributed by atoms with Crippen LogP contribution in [0.25, 0.3) is 11.1 Å². The van der Waals surface area contributed by atoms with E-state index in [1.54, 1.807) is 17.9 Å². The standard InChI is InChI=1S/C37H32ClF6N3O5/c1-18-8-23(38)11-30-33(18)22-7-19(2)34(41)26(10-22)29(13-32(49)50)45-36(51)35(25-9-20(17-52-30)3-4-28(25)40)47-14-21(5-6-46-15-24(39)16-46)27(12-31(47)48)37(42,43)44/h3-4,7-12,14,24,29,35H,5-6,13,15-17H2,1-2H3,(H,45,51)(H,49,50)/t29-,35+/m1/s1. The van der Waals surface area contributed by atoms with E-state index in [-0.39, 0.29) is 49.5 Å². The topological polar surface area (TPSA) is 101 Å². The van der Waals surface area contributed by atoms with Crippen molar-refractivity contribution in [2.24, 2.45) is 0 Å². The Labute approximate surface area is 298 Å². The molecule has 0 aliphatic carbocycles. The smallest absolute Gasteiger partial charge is 0.416 e. The van der Waals surface area contributed by atoms with Crippen LogP contribution in [0.2, 0.25) is 5.02 Å². The Morgan fingerprint density at radius 2 is 1.75 bits per heavy atom. The third-order valence-corrected chi connectivity index (χ3v) is 9.48. The second kappa shape index (κ2) is 14.3. The number of halogens is 7. The minimum Gasteiger partial charge on any atom is -0.488 e. The predicted octanol–water partition coefficient (Wildman–Crippen LogP) is 7.09. The van der Waals surface area contributed by atoms with E-state index >= 15 is 8.78 Å². The lowest BCUT2D eigenvalue weighted by molar-refractivity contribution is -0.139. The number of aromatic nitrogens is 1. The summed E-state index contributed by atoms with van der Waals surface area (Å²) < 4.78 is 94.6. The van der Waals surface area contributed by atoms with Gasteiger partial charge in [-0.05, 0) is 84.5 Å². The van der Waals surface area contributed by atoms with Gasteiger partial charge in [0.05, 0.1) is 18.0 Å². The number of hydrogen-bond donors (Lipinski definition) is 2. The molecule has 1 fully saturated rings. The van der Waals surface area contributed by atoms with Gasteiger partial charge >= 0.3 is 12.1 Å². The third-order valence-electron chi connectivity index (χ3n) is 9.26. The van der Waals surface area contributed by atoms with E-state index in [1.165, 1.54) is 37.3 Å². The molecule has 0 radical (unpaired) electrons. The Balaban J connectivity index is 1.57. The number of likely N-dealkylation sites (tertiary alicyclic amines) is 1. The molecule has 2 aliphatic heterocycles. The maximum Gasteiger partial charge on any atom is 0.416 e. The lowest BCUT2D eigenvalue weighted by Crippen LogP contribution is -2.49. The maximum absolute atomic E-state index is 16.0. The number of fused-ring (bicyclic) bond motifs is 6. The molecular weight excluding hydrogens is 716 g/mol. The highest BCUT2D eigenvalue weighted by Gasteiger charge is 2.37. The van der Waals surface area contributed by atoms with Crippen LogP contribution in [0.3, 0.4) is 0 Å². The van der Waals surface area contributed by atoms with Gasteiger partial charge in [0.2, 0.25) is 5.91 Å². The van der Waals surface area contributed by atoms with Crippen molar-refractivity contribution >= 4 is 23.5 Å². The number of aliphatic carboxylic acids is 1. The molecule has 3 aromatic carbocycles. The van der Waals surface area contributed by atoms with Crippen molar-refractivity contribution in [2.75, 3.05) is 19.6 Å². The molecular formula is C37H32ClF6N3O5. The molecule has 2 N–H and O–H groups in total. The number of amides is 1. The largest absolute Gasteiger partial charge is 0.488 e. The molecule has 0 unspecified atom stereocenters. The fourth-order valence-electron chi connectivity index (χ4n) is 6.75. The zero-order valence-electron chi connectivity index (χ0n) is 27.8. The number of carbonyl (C=O) groups excluding carboxylic acids is 1. The molecule has 1 aromatic heterocycles. The highest BCUT2D eigenvalue weighted by molar-refractivity contribution is 6.31. The number of nitrogens with zero attached hydrogens (tertiary/aromatic N) is 2. The minimum absolute atomic E-state index is 0.000368. The van der Waals surface area contributed by atoms with E-state index in [1.807, 2.05) is 0 Å². The molecule has 3 heterocycles. The lowest BCUT2D eigenvalue weighted by Gasteiger charge is -2.34. The summed E-state index contributed by atoms with van der Waals surface area (Å²) in [7, 11) is 0. The number of benzene rings is 3. The van der Waals surface area contributed by atoms with E-state index in [0.29, 0.717) is 37.9 Å². The number of rotatable bonds is 6. The number of aryl methyl sites for hydroxylation is 2. The monoisotopic (exact) mass is 747 g/mol. The summed E-state index contributed by atoms with van der Waals surface area (Å²) in [4.78, 5) is 41.6. The van der Waals surface area contributed by atoms with Crippen molar-refractivity contribution in [2.45, 2.75) is 57.7 Å². The van der Waals surface area contributed by atoms with E-state index in [4.69, 9.17) is 16.3 Å². The number of alkyl halides is 4. The fourth-order valence-corrected chi connectivity index (χ4v) is 7.01. The van der Waals surface area contributed by atoms with Crippen LogP contribution in [0.1, 0.15) is 57.4 Å². The van der Waals surface area contributed by atoms with Crippen molar-refractivity contribution in [3.05, 3.63) is 121 Å². The molecule has 8 nitrogen and oxygen atoms in total. The predicted molar refractivity (Wildman–Crippen MR) is 179 cm³/mol. The summed E-state index contributed by atoms with van der Waals surface area (Å²) in [6.07, 6.45) is -6.45. The van der Waals surface area contributed by atoms with E-state index in [0.717, 1.165) is 12.3 Å². The highest BCUT2D eigenvalue weighted by atomic mass is 35.5.